The van der Waals surface area contributed by atoms with Gasteiger partial charge >= 0.3 is 6.09 Å². The summed E-state index contributed by atoms with van der Waals surface area (Å²) in [5.41, 5.74) is -0.387. The van der Waals surface area contributed by atoms with Crippen molar-refractivity contribution in [2.75, 3.05) is 13.1 Å². The zero-order valence-electron chi connectivity index (χ0n) is 13.1. The molecule has 2 bridgehead atoms. The fourth-order valence-electron chi connectivity index (χ4n) is 4.17. The van der Waals surface area contributed by atoms with Crippen molar-refractivity contribution in [3.8, 4) is 0 Å². The van der Waals surface area contributed by atoms with E-state index in [-0.39, 0.29) is 11.7 Å². The summed E-state index contributed by atoms with van der Waals surface area (Å²) < 4.78 is 5.59. The monoisotopic (exact) mass is 280 g/mol. The topological polar surface area (TPSA) is 32.8 Å². The Morgan fingerprint density at radius 3 is 2.05 bits per heavy atom. The molecule has 0 aromatic rings. The zero-order valence-corrected chi connectivity index (χ0v) is 13.1. The van der Waals surface area contributed by atoms with Crippen LogP contribution in [-0.4, -0.2) is 52.7 Å². The van der Waals surface area contributed by atoms with Crippen molar-refractivity contribution in [3.63, 3.8) is 0 Å². The lowest BCUT2D eigenvalue weighted by Crippen LogP contribution is -2.53. The van der Waals surface area contributed by atoms with Crippen molar-refractivity contribution in [2.24, 2.45) is 0 Å². The van der Waals surface area contributed by atoms with Crippen LogP contribution in [0.2, 0.25) is 0 Å². The first-order valence-electron chi connectivity index (χ1n) is 8.19. The first-order valence-corrected chi connectivity index (χ1v) is 8.19. The van der Waals surface area contributed by atoms with Crippen molar-refractivity contribution in [2.45, 2.75) is 83.0 Å². The number of likely N-dealkylation sites (tertiary alicyclic amines) is 1. The molecule has 0 aromatic heterocycles. The van der Waals surface area contributed by atoms with Crippen molar-refractivity contribution in [3.05, 3.63) is 0 Å². The number of amides is 1. The highest BCUT2D eigenvalue weighted by molar-refractivity contribution is 5.69. The standard InChI is InChI=1S/C16H28N2O2/c1-16(2,3)20-15(19)18-12-6-7-13(18)11-14(10-12)17-8-4-5-9-17/h12-14H,4-11H2,1-3H3. The number of piperidine rings is 1. The molecular weight excluding hydrogens is 252 g/mol. The number of fused-ring (bicyclic) bond motifs is 2. The van der Waals surface area contributed by atoms with Crippen LogP contribution in [0.3, 0.4) is 0 Å². The summed E-state index contributed by atoms with van der Waals surface area (Å²) in [5.74, 6) is 0. The van der Waals surface area contributed by atoms with Crippen LogP contribution in [-0.2, 0) is 4.74 Å². The molecule has 2 atom stereocenters. The van der Waals surface area contributed by atoms with E-state index in [0.717, 1.165) is 25.7 Å². The van der Waals surface area contributed by atoms with Gasteiger partial charge in [0.05, 0.1) is 0 Å². The number of carbonyl (C=O) groups excluding carboxylic acids is 1. The minimum absolute atomic E-state index is 0.0927. The molecule has 3 aliphatic heterocycles. The predicted octanol–water partition coefficient (Wildman–Crippen LogP) is 3.01. The molecule has 3 rings (SSSR count). The van der Waals surface area contributed by atoms with Crippen LogP contribution in [0.5, 0.6) is 0 Å². The third-order valence-electron chi connectivity index (χ3n) is 4.97. The summed E-state index contributed by atoms with van der Waals surface area (Å²) in [6, 6.07) is 1.53. The summed E-state index contributed by atoms with van der Waals surface area (Å²) in [6.07, 6.45) is 7.22. The molecule has 0 spiro atoms. The second-order valence-electron chi connectivity index (χ2n) is 7.64. The van der Waals surface area contributed by atoms with Crippen molar-refractivity contribution in [1.82, 2.24) is 9.80 Å². The zero-order chi connectivity index (χ0) is 14.3. The van der Waals surface area contributed by atoms with Gasteiger partial charge in [0, 0.05) is 18.1 Å². The molecular formula is C16H28N2O2. The third kappa shape index (κ3) is 2.80. The molecule has 1 amide bonds. The van der Waals surface area contributed by atoms with E-state index in [1.165, 1.54) is 25.9 Å². The average Bonchev–Trinajstić information content (AvgIpc) is 2.94. The fraction of sp³-hybridized carbons (Fsp3) is 0.938. The molecule has 3 aliphatic rings. The smallest absolute Gasteiger partial charge is 0.410 e. The Labute approximate surface area is 122 Å². The minimum Gasteiger partial charge on any atom is -0.444 e. The van der Waals surface area contributed by atoms with Gasteiger partial charge in [-0.1, -0.05) is 0 Å². The second kappa shape index (κ2) is 5.21. The van der Waals surface area contributed by atoms with Crippen LogP contribution in [0.4, 0.5) is 4.79 Å². The van der Waals surface area contributed by atoms with E-state index in [9.17, 15) is 4.79 Å². The maximum Gasteiger partial charge on any atom is 0.410 e. The fourth-order valence-corrected chi connectivity index (χ4v) is 4.17. The Morgan fingerprint density at radius 1 is 1.00 bits per heavy atom. The van der Waals surface area contributed by atoms with E-state index >= 15 is 0 Å². The maximum atomic E-state index is 12.4. The number of rotatable bonds is 1. The summed E-state index contributed by atoms with van der Waals surface area (Å²) in [6.45, 7) is 8.37. The quantitative estimate of drug-likeness (QED) is 0.740. The van der Waals surface area contributed by atoms with Crippen LogP contribution >= 0.6 is 0 Å². The SMILES string of the molecule is CC(C)(C)OC(=O)N1C2CCC1CC(N1CCCC1)C2. The lowest BCUT2D eigenvalue weighted by Gasteiger charge is -2.42. The van der Waals surface area contributed by atoms with Crippen LogP contribution < -0.4 is 0 Å². The maximum absolute atomic E-state index is 12.4. The van der Waals surface area contributed by atoms with Crippen molar-refractivity contribution in [1.29, 1.82) is 0 Å². The minimum atomic E-state index is -0.387. The number of ether oxygens (including phenoxy) is 1. The number of nitrogens with zero attached hydrogens (tertiary/aromatic N) is 2. The highest BCUT2D eigenvalue weighted by Crippen LogP contribution is 2.39. The molecule has 2 unspecified atom stereocenters. The van der Waals surface area contributed by atoms with E-state index in [1.54, 1.807) is 0 Å². The van der Waals surface area contributed by atoms with Gasteiger partial charge in [-0.05, 0) is 72.4 Å². The number of carbonyl (C=O) groups is 1. The number of hydrogen-bond donors (Lipinski definition) is 0. The van der Waals surface area contributed by atoms with Gasteiger partial charge in [-0.2, -0.15) is 0 Å². The largest absolute Gasteiger partial charge is 0.444 e. The lowest BCUT2D eigenvalue weighted by molar-refractivity contribution is -0.00233. The van der Waals surface area contributed by atoms with E-state index < -0.39 is 0 Å². The molecule has 114 valence electrons. The van der Waals surface area contributed by atoms with Crippen LogP contribution in [0.15, 0.2) is 0 Å². The third-order valence-corrected chi connectivity index (χ3v) is 4.97. The highest BCUT2D eigenvalue weighted by atomic mass is 16.6. The van der Waals surface area contributed by atoms with Gasteiger partial charge in [0.2, 0.25) is 0 Å². The van der Waals surface area contributed by atoms with Crippen molar-refractivity contribution >= 4 is 6.09 Å². The normalized spacial score (nSPS) is 34.5. The van der Waals surface area contributed by atoms with Crippen molar-refractivity contribution < 1.29 is 9.53 Å². The van der Waals surface area contributed by atoms with E-state index in [2.05, 4.69) is 9.80 Å². The Morgan fingerprint density at radius 2 is 1.55 bits per heavy atom. The molecule has 0 aliphatic carbocycles. The lowest BCUT2D eigenvalue weighted by atomic mass is 9.96. The van der Waals surface area contributed by atoms with Gasteiger partial charge in [-0.3, -0.25) is 0 Å². The van der Waals surface area contributed by atoms with Gasteiger partial charge in [0.25, 0.3) is 0 Å². The molecule has 3 fully saturated rings. The Balaban J connectivity index is 1.64. The summed E-state index contributed by atoms with van der Waals surface area (Å²) in [4.78, 5) is 17.1. The molecule has 20 heavy (non-hydrogen) atoms. The summed E-state index contributed by atoms with van der Waals surface area (Å²) >= 11 is 0. The number of hydrogen-bond acceptors (Lipinski definition) is 3. The molecule has 0 radical (unpaired) electrons. The van der Waals surface area contributed by atoms with Crippen LogP contribution in [0.1, 0.15) is 59.3 Å². The molecule has 0 N–H and O–H groups in total. The summed E-state index contributed by atoms with van der Waals surface area (Å²) in [5, 5.41) is 0. The van der Waals surface area contributed by atoms with E-state index in [4.69, 9.17) is 4.74 Å². The van der Waals surface area contributed by atoms with E-state index in [1.807, 2.05) is 20.8 Å². The highest BCUT2D eigenvalue weighted by Gasteiger charge is 2.46. The van der Waals surface area contributed by atoms with Gasteiger partial charge in [-0.15, -0.1) is 0 Å². The molecule has 3 saturated heterocycles. The second-order valence-corrected chi connectivity index (χ2v) is 7.64. The molecule has 4 heteroatoms. The average molecular weight is 280 g/mol. The van der Waals surface area contributed by atoms with Crippen LogP contribution in [0.25, 0.3) is 0 Å². The molecule has 0 saturated carbocycles. The molecule has 3 heterocycles. The Bertz CT molecular complexity index is 357. The van der Waals surface area contributed by atoms with E-state index in [0.29, 0.717) is 18.1 Å². The Kier molecular flexibility index (Phi) is 3.69. The van der Waals surface area contributed by atoms with Gasteiger partial charge in [0.1, 0.15) is 5.60 Å². The van der Waals surface area contributed by atoms with Gasteiger partial charge in [0.15, 0.2) is 0 Å². The van der Waals surface area contributed by atoms with Gasteiger partial charge < -0.3 is 14.5 Å². The first kappa shape index (κ1) is 14.2. The molecule has 0 aromatic carbocycles. The first-order chi connectivity index (χ1) is 9.44. The molecule has 4 nitrogen and oxygen atoms in total. The van der Waals surface area contributed by atoms with Crippen LogP contribution in [0, 0.1) is 0 Å². The summed E-state index contributed by atoms with van der Waals surface area (Å²) in [7, 11) is 0. The Hall–Kier alpha value is -0.770. The predicted molar refractivity (Wildman–Crippen MR) is 78.7 cm³/mol. The van der Waals surface area contributed by atoms with Gasteiger partial charge in [-0.25, -0.2) is 4.79 Å².